The SMILES string of the molecule is COc1ccc(OC)c([C@@H]2CCN(C(=O)Nc3ccc4c(c3)COC4)C2)c1. The van der Waals surface area contributed by atoms with Gasteiger partial charge in [0.25, 0.3) is 0 Å². The van der Waals surface area contributed by atoms with Gasteiger partial charge >= 0.3 is 6.03 Å². The standard InChI is InChI=1S/C21H24N2O4/c1-25-18-5-6-20(26-2)19(10-18)14-7-8-23(11-14)21(24)22-17-4-3-15-12-27-13-16(15)9-17/h3-6,9-10,14H,7-8,11-13H2,1-2H3,(H,22,24)/t14-/m1/s1. The number of methoxy groups -OCH3 is 2. The number of urea groups is 1. The monoisotopic (exact) mass is 368 g/mol. The molecule has 2 heterocycles. The first-order valence-corrected chi connectivity index (χ1v) is 9.15. The normalized spacial score (nSPS) is 18.3. The Kier molecular flexibility index (Phi) is 4.90. The molecule has 2 aliphatic rings. The zero-order valence-corrected chi connectivity index (χ0v) is 15.7. The second-order valence-electron chi connectivity index (χ2n) is 6.95. The van der Waals surface area contributed by atoms with Crippen molar-refractivity contribution >= 4 is 11.7 Å². The fourth-order valence-electron chi connectivity index (χ4n) is 3.81. The van der Waals surface area contributed by atoms with Crippen molar-refractivity contribution in [2.45, 2.75) is 25.6 Å². The Hall–Kier alpha value is -2.73. The van der Waals surface area contributed by atoms with E-state index in [0.717, 1.165) is 34.7 Å². The van der Waals surface area contributed by atoms with Crippen molar-refractivity contribution in [1.29, 1.82) is 0 Å². The van der Waals surface area contributed by atoms with E-state index in [9.17, 15) is 4.79 Å². The molecule has 2 aliphatic heterocycles. The van der Waals surface area contributed by atoms with Gasteiger partial charge in [-0.05, 0) is 47.9 Å². The molecule has 1 atom stereocenters. The van der Waals surface area contributed by atoms with Crippen LogP contribution in [0.25, 0.3) is 0 Å². The highest BCUT2D eigenvalue weighted by molar-refractivity contribution is 5.89. The number of amides is 2. The molecule has 1 N–H and O–H groups in total. The van der Waals surface area contributed by atoms with Crippen LogP contribution in [0, 0.1) is 0 Å². The molecule has 1 fully saturated rings. The molecule has 0 spiro atoms. The molecule has 0 bridgehead atoms. The molecule has 0 unspecified atom stereocenters. The number of anilines is 1. The van der Waals surface area contributed by atoms with Crippen molar-refractivity contribution in [1.82, 2.24) is 4.90 Å². The maximum Gasteiger partial charge on any atom is 0.321 e. The predicted molar refractivity (Wildman–Crippen MR) is 102 cm³/mol. The second-order valence-corrected chi connectivity index (χ2v) is 6.95. The van der Waals surface area contributed by atoms with Gasteiger partial charge in [-0.2, -0.15) is 0 Å². The molecule has 4 rings (SSSR count). The van der Waals surface area contributed by atoms with Gasteiger partial charge in [-0.1, -0.05) is 6.07 Å². The van der Waals surface area contributed by atoms with E-state index in [1.807, 2.05) is 41.3 Å². The molecular weight excluding hydrogens is 344 g/mol. The summed E-state index contributed by atoms with van der Waals surface area (Å²) in [6.45, 7) is 2.63. The van der Waals surface area contributed by atoms with Crippen LogP contribution in [0.3, 0.4) is 0 Å². The Labute approximate surface area is 159 Å². The maximum atomic E-state index is 12.7. The van der Waals surface area contributed by atoms with Crippen LogP contribution >= 0.6 is 0 Å². The summed E-state index contributed by atoms with van der Waals surface area (Å²) in [4.78, 5) is 14.6. The number of carbonyl (C=O) groups excluding carboxylic acids is 1. The van der Waals surface area contributed by atoms with E-state index in [2.05, 4.69) is 5.32 Å². The first-order valence-electron chi connectivity index (χ1n) is 9.15. The van der Waals surface area contributed by atoms with Crippen LogP contribution in [0.1, 0.15) is 29.0 Å². The van der Waals surface area contributed by atoms with Crippen molar-refractivity contribution in [2.75, 3.05) is 32.6 Å². The Morgan fingerprint density at radius 1 is 1.11 bits per heavy atom. The molecule has 0 aromatic heterocycles. The fourth-order valence-corrected chi connectivity index (χ4v) is 3.81. The Morgan fingerprint density at radius 2 is 1.96 bits per heavy atom. The highest BCUT2D eigenvalue weighted by Gasteiger charge is 2.29. The van der Waals surface area contributed by atoms with Crippen LogP contribution in [0.15, 0.2) is 36.4 Å². The number of hydrogen-bond acceptors (Lipinski definition) is 4. The number of fused-ring (bicyclic) bond motifs is 1. The summed E-state index contributed by atoms with van der Waals surface area (Å²) in [5.74, 6) is 1.87. The van der Waals surface area contributed by atoms with Gasteiger partial charge in [0, 0.05) is 30.3 Å². The number of hydrogen-bond donors (Lipinski definition) is 1. The average molecular weight is 368 g/mol. The van der Waals surface area contributed by atoms with Crippen LogP contribution in [-0.4, -0.2) is 38.2 Å². The lowest BCUT2D eigenvalue weighted by molar-refractivity contribution is 0.134. The van der Waals surface area contributed by atoms with E-state index in [1.165, 1.54) is 5.56 Å². The smallest absolute Gasteiger partial charge is 0.321 e. The summed E-state index contributed by atoms with van der Waals surface area (Å²) >= 11 is 0. The third-order valence-electron chi connectivity index (χ3n) is 5.32. The predicted octanol–water partition coefficient (Wildman–Crippen LogP) is 3.76. The van der Waals surface area contributed by atoms with Crippen molar-refractivity contribution in [3.8, 4) is 11.5 Å². The fraction of sp³-hybridized carbons (Fsp3) is 0.381. The zero-order valence-electron chi connectivity index (χ0n) is 15.7. The van der Waals surface area contributed by atoms with E-state index < -0.39 is 0 Å². The van der Waals surface area contributed by atoms with Crippen LogP contribution in [0.2, 0.25) is 0 Å². The molecule has 2 aromatic carbocycles. The van der Waals surface area contributed by atoms with Gasteiger partial charge in [-0.15, -0.1) is 0 Å². The Morgan fingerprint density at radius 3 is 2.78 bits per heavy atom. The minimum Gasteiger partial charge on any atom is -0.497 e. The van der Waals surface area contributed by atoms with E-state index in [0.29, 0.717) is 26.3 Å². The lowest BCUT2D eigenvalue weighted by Gasteiger charge is -2.19. The minimum absolute atomic E-state index is 0.0711. The van der Waals surface area contributed by atoms with E-state index in [1.54, 1.807) is 14.2 Å². The largest absolute Gasteiger partial charge is 0.497 e. The van der Waals surface area contributed by atoms with Gasteiger partial charge in [0.1, 0.15) is 11.5 Å². The van der Waals surface area contributed by atoms with Crippen molar-refractivity contribution in [3.05, 3.63) is 53.1 Å². The number of nitrogens with one attached hydrogen (secondary N) is 1. The Balaban J connectivity index is 1.44. The van der Waals surface area contributed by atoms with Crippen molar-refractivity contribution < 1.29 is 19.0 Å². The van der Waals surface area contributed by atoms with Crippen LogP contribution < -0.4 is 14.8 Å². The molecule has 0 radical (unpaired) electrons. The molecule has 1 saturated heterocycles. The number of rotatable bonds is 4. The number of carbonyl (C=O) groups is 1. The average Bonchev–Trinajstić information content (AvgIpc) is 3.36. The number of ether oxygens (including phenoxy) is 3. The number of benzene rings is 2. The van der Waals surface area contributed by atoms with Gasteiger partial charge in [-0.25, -0.2) is 4.79 Å². The van der Waals surface area contributed by atoms with Gasteiger partial charge in [0.05, 0.1) is 27.4 Å². The molecular formula is C21H24N2O4. The third-order valence-corrected chi connectivity index (χ3v) is 5.32. The number of nitrogens with zero attached hydrogens (tertiary/aromatic N) is 1. The molecule has 2 amide bonds. The van der Waals surface area contributed by atoms with Gasteiger partial charge in [0.15, 0.2) is 0 Å². The quantitative estimate of drug-likeness (QED) is 0.893. The summed E-state index contributed by atoms with van der Waals surface area (Å²) in [6.07, 6.45) is 0.898. The third kappa shape index (κ3) is 3.57. The van der Waals surface area contributed by atoms with Gasteiger partial charge < -0.3 is 24.4 Å². The molecule has 0 saturated carbocycles. The molecule has 0 aliphatic carbocycles. The summed E-state index contributed by atoms with van der Waals surface area (Å²) in [5, 5.41) is 3.01. The molecule has 6 nitrogen and oxygen atoms in total. The van der Waals surface area contributed by atoms with Crippen LogP contribution in [-0.2, 0) is 18.0 Å². The lowest BCUT2D eigenvalue weighted by Crippen LogP contribution is -2.32. The topological polar surface area (TPSA) is 60.0 Å². The molecule has 2 aromatic rings. The second kappa shape index (κ2) is 7.48. The molecule has 27 heavy (non-hydrogen) atoms. The highest BCUT2D eigenvalue weighted by Crippen LogP contribution is 2.36. The summed E-state index contributed by atoms with van der Waals surface area (Å²) < 4.78 is 16.3. The van der Waals surface area contributed by atoms with Crippen molar-refractivity contribution in [2.24, 2.45) is 0 Å². The first kappa shape index (κ1) is 17.7. The summed E-state index contributed by atoms with van der Waals surface area (Å²) in [5.41, 5.74) is 4.24. The van der Waals surface area contributed by atoms with Gasteiger partial charge in [-0.3, -0.25) is 0 Å². The molecule has 6 heteroatoms. The van der Waals surface area contributed by atoms with Gasteiger partial charge in [0.2, 0.25) is 0 Å². The first-order chi connectivity index (χ1) is 13.2. The lowest BCUT2D eigenvalue weighted by atomic mass is 9.97. The van der Waals surface area contributed by atoms with Crippen molar-refractivity contribution in [3.63, 3.8) is 0 Å². The summed E-state index contributed by atoms with van der Waals surface area (Å²) in [7, 11) is 3.32. The summed E-state index contributed by atoms with van der Waals surface area (Å²) in [6, 6.07) is 11.7. The highest BCUT2D eigenvalue weighted by atomic mass is 16.5. The zero-order chi connectivity index (χ0) is 18.8. The van der Waals surface area contributed by atoms with Crippen LogP contribution in [0.5, 0.6) is 11.5 Å². The molecule has 142 valence electrons. The number of likely N-dealkylation sites (tertiary alicyclic amines) is 1. The van der Waals surface area contributed by atoms with Crippen LogP contribution in [0.4, 0.5) is 10.5 Å². The minimum atomic E-state index is -0.0711. The van der Waals surface area contributed by atoms with E-state index in [-0.39, 0.29) is 11.9 Å². The van der Waals surface area contributed by atoms with E-state index in [4.69, 9.17) is 14.2 Å². The Bertz CT molecular complexity index is 852. The maximum absolute atomic E-state index is 12.7. The van der Waals surface area contributed by atoms with E-state index >= 15 is 0 Å².